The second-order valence-electron chi connectivity index (χ2n) is 4.52. The molecule has 4 nitrogen and oxygen atoms in total. The molecular weight excluding hydrogens is 190 g/mol. The highest BCUT2D eigenvalue weighted by Gasteiger charge is 2.29. The van der Waals surface area contributed by atoms with E-state index in [0.29, 0.717) is 5.92 Å². The van der Waals surface area contributed by atoms with Crippen LogP contribution in [0.3, 0.4) is 0 Å². The Morgan fingerprint density at radius 1 is 1.40 bits per heavy atom. The number of carbonyl (C=O) groups is 1. The van der Waals surface area contributed by atoms with Crippen molar-refractivity contribution in [3.8, 4) is 0 Å². The molecule has 2 aliphatic heterocycles. The van der Waals surface area contributed by atoms with Gasteiger partial charge in [-0.25, -0.2) is 4.79 Å². The Morgan fingerprint density at radius 2 is 2.20 bits per heavy atom. The second kappa shape index (κ2) is 4.84. The third-order valence-corrected chi connectivity index (χ3v) is 3.44. The molecule has 86 valence electrons. The largest absolute Gasteiger partial charge is 0.323 e. The van der Waals surface area contributed by atoms with Gasteiger partial charge in [0.15, 0.2) is 0 Å². The quantitative estimate of drug-likeness (QED) is 0.747. The lowest BCUT2D eigenvalue weighted by Gasteiger charge is -2.27. The van der Waals surface area contributed by atoms with Crippen LogP contribution in [0.1, 0.15) is 19.8 Å². The summed E-state index contributed by atoms with van der Waals surface area (Å²) in [6, 6.07) is 0.239. The van der Waals surface area contributed by atoms with Crippen LogP contribution >= 0.6 is 0 Å². The van der Waals surface area contributed by atoms with Crippen LogP contribution in [0.15, 0.2) is 0 Å². The molecule has 0 aromatic rings. The Balaban J connectivity index is 1.82. The number of likely N-dealkylation sites (N-methyl/N-ethyl adjacent to an activating group) is 1. The highest BCUT2D eigenvalue weighted by atomic mass is 16.2. The summed E-state index contributed by atoms with van der Waals surface area (Å²) in [6.45, 7) is 7.89. The Bertz CT molecular complexity index is 226. The minimum atomic E-state index is 0.239. The maximum atomic E-state index is 11.8. The molecular formula is C11H21N3O. The van der Waals surface area contributed by atoms with Crippen molar-refractivity contribution >= 4 is 6.03 Å². The van der Waals surface area contributed by atoms with E-state index in [-0.39, 0.29) is 6.03 Å². The molecule has 2 fully saturated rings. The molecule has 2 saturated heterocycles. The standard InChI is InChI=1S/C11H21N3O/c1-2-13-6-7-14(11(13)15)9-10-4-3-5-12-8-10/h10,12H,2-9H2,1H3. The van der Waals surface area contributed by atoms with Gasteiger partial charge >= 0.3 is 6.03 Å². The molecule has 1 N–H and O–H groups in total. The Labute approximate surface area is 91.6 Å². The van der Waals surface area contributed by atoms with E-state index in [0.717, 1.165) is 39.3 Å². The van der Waals surface area contributed by atoms with Gasteiger partial charge in [-0.1, -0.05) is 0 Å². The topological polar surface area (TPSA) is 35.6 Å². The summed E-state index contributed by atoms with van der Waals surface area (Å²) in [5.74, 6) is 0.666. The van der Waals surface area contributed by atoms with Crippen LogP contribution in [0.2, 0.25) is 0 Å². The Hall–Kier alpha value is -0.770. The van der Waals surface area contributed by atoms with E-state index in [2.05, 4.69) is 5.32 Å². The number of rotatable bonds is 3. The summed E-state index contributed by atoms with van der Waals surface area (Å²) < 4.78 is 0. The maximum Gasteiger partial charge on any atom is 0.320 e. The molecule has 2 amide bonds. The lowest BCUT2D eigenvalue weighted by atomic mass is 9.99. The van der Waals surface area contributed by atoms with Crippen molar-refractivity contribution in [2.75, 3.05) is 39.3 Å². The van der Waals surface area contributed by atoms with E-state index in [1.807, 2.05) is 16.7 Å². The van der Waals surface area contributed by atoms with Gasteiger partial charge in [-0.2, -0.15) is 0 Å². The predicted octanol–water partition coefficient (Wildman–Crippen LogP) is 0.743. The van der Waals surface area contributed by atoms with Crippen LogP contribution in [0.25, 0.3) is 0 Å². The summed E-state index contributed by atoms with van der Waals surface area (Å²) in [4.78, 5) is 15.8. The number of carbonyl (C=O) groups excluding carboxylic acids is 1. The number of nitrogens with zero attached hydrogens (tertiary/aromatic N) is 2. The maximum absolute atomic E-state index is 11.8. The van der Waals surface area contributed by atoms with Gasteiger partial charge in [0.05, 0.1) is 0 Å². The zero-order valence-corrected chi connectivity index (χ0v) is 9.54. The van der Waals surface area contributed by atoms with Gasteiger partial charge in [0.2, 0.25) is 0 Å². The average molecular weight is 211 g/mol. The van der Waals surface area contributed by atoms with Crippen molar-refractivity contribution in [1.82, 2.24) is 15.1 Å². The van der Waals surface area contributed by atoms with Gasteiger partial charge in [0, 0.05) is 26.2 Å². The number of amides is 2. The normalized spacial score (nSPS) is 27.5. The summed E-state index contributed by atoms with van der Waals surface area (Å²) in [5, 5.41) is 3.40. The number of hydrogen-bond acceptors (Lipinski definition) is 2. The first-order valence-corrected chi connectivity index (χ1v) is 6.06. The van der Waals surface area contributed by atoms with E-state index < -0.39 is 0 Å². The van der Waals surface area contributed by atoms with Crippen molar-refractivity contribution < 1.29 is 4.79 Å². The molecule has 1 unspecified atom stereocenters. The fraction of sp³-hybridized carbons (Fsp3) is 0.909. The first kappa shape index (κ1) is 10.7. The van der Waals surface area contributed by atoms with E-state index >= 15 is 0 Å². The smallest absolute Gasteiger partial charge is 0.320 e. The van der Waals surface area contributed by atoms with Gasteiger partial charge < -0.3 is 15.1 Å². The van der Waals surface area contributed by atoms with Crippen LogP contribution in [0.5, 0.6) is 0 Å². The zero-order valence-electron chi connectivity index (χ0n) is 9.54. The summed E-state index contributed by atoms with van der Waals surface area (Å²) in [5.41, 5.74) is 0. The van der Waals surface area contributed by atoms with Crippen molar-refractivity contribution in [2.24, 2.45) is 5.92 Å². The van der Waals surface area contributed by atoms with Crippen LogP contribution in [-0.2, 0) is 0 Å². The summed E-state index contributed by atoms with van der Waals surface area (Å²) >= 11 is 0. The molecule has 0 aromatic heterocycles. The van der Waals surface area contributed by atoms with Gasteiger partial charge in [0.25, 0.3) is 0 Å². The highest BCUT2D eigenvalue weighted by molar-refractivity contribution is 5.76. The molecule has 2 rings (SSSR count). The van der Waals surface area contributed by atoms with Gasteiger partial charge in [-0.3, -0.25) is 0 Å². The molecule has 2 heterocycles. The van der Waals surface area contributed by atoms with Crippen LogP contribution < -0.4 is 5.32 Å². The molecule has 1 atom stereocenters. The van der Waals surface area contributed by atoms with Gasteiger partial charge in [-0.15, -0.1) is 0 Å². The number of piperidine rings is 1. The SMILES string of the molecule is CCN1CCN(CC2CCCNC2)C1=O. The van der Waals surface area contributed by atoms with E-state index in [1.54, 1.807) is 0 Å². The number of nitrogens with one attached hydrogen (secondary N) is 1. The molecule has 0 spiro atoms. The molecule has 0 aromatic carbocycles. The van der Waals surface area contributed by atoms with Gasteiger partial charge in [-0.05, 0) is 38.8 Å². The molecule has 0 saturated carbocycles. The average Bonchev–Trinajstić information content (AvgIpc) is 2.62. The van der Waals surface area contributed by atoms with Crippen LogP contribution in [0.4, 0.5) is 4.79 Å². The van der Waals surface area contributed by atoms with E-state index in [9.17, 15) is 4.79 Å². The monoisotopic (exact) mass is 211 g/mol. The number of urea groups is 1. The zero-order chi connectivity index (χ0) is 10.7. The predicted molar refractivity (Wildman–Crippen MR) is 59.8 cm³/mol. The van der Waals surface area contributed by atoms with Crippen LogP contribution in [-0.4, -0.2) is 55.1 Å². The number of hydrogen-bond donors (Lipinski definition) is 1. The summed E-state index contributed by atoms with van der Waals surface area (Å²) in [6.07, 6.45) is 2.52. The van der Waals surface area contributed by atoms with Crippen molar-refractivity contribution in [3.05, 3.63) is 0 Å². The molecule has 2 aliphatic rings. The summed E-state index contributed by atoms with van der Waals surface area (Å²) in [7, 11) is 0. The third-order valence-electron chi connectivity index (χ3n) is 3.44. The highest BCUT2D eigenvalue weighted by Crippen LogP contribution is 2.15. The first-order valence-electron chi connectivity index (χ1n) is 6.06. The fourth-order valence-electron chi connectivity index (χ4n) is 2.49. The minimum absolute atomic E-state index is 0.239. The Kier molecular flexibility index (Phi) is 3.46. The van der Waals surface area contributed by atoms with Crippen molar-refractivity contribution in [2.45, 2.75) is 19.8 Å². The lowest BCUT2D eigenvalue weighted by molar-refractivity contribution is 0.183. The lowest BCUT2D eigenvalue weighted by Crippen LogP contribution is -2.40. The minimum Gasteiger partial charge on any atom is -0.323 e. The first-order chi connectivity index (χ1) is 7.31. The van der Waals surface area contributed by atoms with Crippen LogP contribution in [0, 0.1) is 5.92 Å². The van der Waals surface area contributed by atoms with Gasteiger partial charge in [0.1, 0.15) is 0 Å². The third kappa shape index (κ3) is 2.43. The van der Waals surface area contributed by atoms with E-state index in [4.69, 9.17) is 0 Å². The molecule has 4 heteroatoms. The van der Waals surface area contributed by atoms with Crippen molar-refractivity contribution in [3.63, 3.8) is 0 Å². The van der Waals surface area contributed by atoms with Crippen molar-refractivity contribution in [1.29, 1.82) is 0 Å². The second-order valence-corrected chi connectivity index (χ2v) is 4.52. The molecule has 0 aliphatic carbocycles. The Morgan fingerprint density at radius 3 is 2.80 bits per heavy atom. The molecule has 15 heavy (non-hydrogen) atoms. The molecule has 0 bridgehead atoms. The molecule has 0 radical (unpaired) electrons. The fourth-order valence-corrected chi connectivity index (χ4v) is 2.49. The van der Waals surface area contributed by atoms with E-state index in [1.165, 1.54) is 12.8 Å².